The Morgan fingerprint density at radius 2 is 1.90 bits per heavy atom. The Labute approximate surface area is 178 Å². The standard InChI is InChI=1S/C22H21NO6S/c1-13-7-9-15(10-8-13)12-23-20(24)18(30-22(23)27)11-16-5-4-6-17(28-3)19(16)29-14(2)21(25)26/h4-11,14H,12H2,1-3H3,(H,25,26)/b18-11-/t14-/m1/s1. The van der Waals surface area contributed by atoms with Crippen LogP contribution in [0.25, 0.3) is 6.08 Å². The molecule has 1 aliphatic heterocycles. The SMILES string of the molecule is COc1cccc(/C=C2\SC(=O)N(Cc3ccc(C)cc3)C2=O)c1O[C@H](C)C(=O)O. The quantitative estimate of drug-likeness (QED) is 0.665. The van der Waals surface area contributed by atoms with Gasteiger partial charge in [0.1, 0.15) is 0 Å². The first kappa shape index (κ1) is 21.4. The summed E-state index contributed by atoms with van der Waals surface area (Å²) in [5.74, 6) is -1.02. The molecule has 0 aliphatic carbocycles. The number of thioether (sulfide) groups is 1. The maximum absolute atomic E-state index is 12.8. The van der Waals surface area contributed by atoms with Crippen LogP contribution in [0.1, 0.15) is 23.6 Å². The molecule has 1 saturated heterocycles. The summed E-state index contributed by atoms with van der Waals surface area (Å²) in [4.78, 5) is 37.9. The largest absolute Gasteiger partial charge is 0.493 e. The van der Waals surface area contributed by atoms with Crippen LogP contribution in [-0.4, -0.2) is 40.3 Å². The van der Waals surface area contributed by atoms with Crippen molar-refractivity contribution in [2.75, 3.05) is 7.11 Å². The van der Waals surface area contributed by atoms with Crippen LogP contribution in [0, 0.1) is 6.92 Å². The van der Waals surface area contributed by atoms with Crippen molar-refractivity contribution >= 4 is 35.0 Å². The van der Waals surface area contributed by atoms with Crippen LogP contribution in [0.4, 0.5) is 4.79 Å². The van der Waals surface area contributed by atoms with Gasteiger partial charge in [-0.1, -0.05) is 42.0 Å². The first-order valence-electron chi connectivity index (χ1n) is 9.17. The van der Waals surface area contributed by atoms with Gasteiger partial charge in [-0.2, -0.15) is 0 Å². The summed E-state index contributed by atoms with van der Waals surface area (Å²) < 4.78 is 10.8. The number of carbonyl (C=O) groups excluding carboxylic acids is 2. The van der Waals surface area contributed by atoms with Gasteiger partial charge < -0.3 is 14.6 Å². The highest BCUT2D eigenvalue weighted by Crippen LogP contribution is 2.38. The van der Waals surface area contributed by atoms with Crippen LogP contribution < -0.4 is 9.47 Å². The Morgan fingerprint density at radius 3 is 2.53 bits per heavy atom. The summed E-state index contributed by atoms with van der Waals surface area (Å²) in [6.07, 6.45) is 0.400. The summed E-state index contributed by atoms with van der Waals surface area (Å²) in [5, 5.41) is 8.80. The predicted molar refractivity (Wildman–Crippen MR) is 113 cm³/mol. The summed E-state index contributed by atoms with van der Waals surface area (Å²) in [5.41, 5.74) is 2.39. The maximum Gasteiger partial charge on any atom is 0.344 e. The summed E-state index contributed by atoms with van der Waals surface area (Å²) in [6.45, 7) is 3.54. The van der Waals surface area contributed by atoms with Gasteiger partial charge in [0.05, 0.1) is 18.6 Å². The number of ether oxygens (including phenoxy) is 2. The highest BCUT2D eigenvalue weighted by atomic mass is 32.2. The highest BCUT2D eigenvalue weighted by molar-refractivity contribution is 8.18. The van der Waals surface area contributed by atoms with E-state index in [1.807, 2.05) is 31.2 Å². The molecule has 3 rings (SSSR count). The van der Waals surface area contributed by atoms with E-state index in [1.165, 1.54) is 25.0 Å². The van der Waals surface area contributed by atoms with Crippen molar-refractivity contribution in [1.82, 2.24) is 4.90 Å². The molecule has 1 heterocycles. The zero-order chi connectivity index (χ0) is 21.8. The molecule has 7 nitrogen and oxygen atoms in total. The van der Waals surface area contributed by atoms with Crippen molar-refractivity contribution < 1.29 is 29.0 Å². The lowest BCUT2D eigenvalue weighted by Crippen LogP contribution is -2.27. The van der Waals surface area contributed by atoms with Crippen molar-refractivity contribution in [3.63, 3.8) is 0 Å². The third-order valence-electron chi connectivity index (χ3n) is 4.49. The molecule has 1 aliphatic rings. The number of aryl methyl sites for hydroxylation is 1. The van der Waals surface area contributed by atoms with E-state index < -0.39 is 18.0 Å². The molecule has 2 amide bonds. The van der Waals surface area contributed by atoms with Crippen molar-refractivity contribution in [3.8, 4) is 11.5 Å². The average Bonchev–Trinajstić information content (AvgIpc) is 2.98. The van der Waals surface area contributed by atoms with E-state index in [1.54, 1.807) is 18.2 Å². The Bertz CT molecular complexity index is 1010. The predicted octanol–water partition coefficient (Wildman–Crippen LogP) is 4.09. The van der Waals surface area contributed by atoms with Gasteiger partial charge in [-0.15, -0.1) is 0 Å². The van der Waals surface area contributed by atoms with Crippen molar-refractivity contribution in [1.29, 1.82) is 0 Å². The van der Waals surface area contributed by atoms with Crippen LogP contribution in [-0.2, 0) is 16.1 Å². The topological polar surface area (TPSA) is 93.1 Å². The van der Waals surface area contributed by atoms with E-state index in [0.717, 1.165) is 22.9 Å². The second-order valence-electron chi connectivity index (χ2n) is 6.73. The lowest BCUT2D eigenvalue weighted by atomic mass is 10.1. The van der Waals surface area contributed by atoms with E-state index in [4.69, 9.17) is 14.6 Å². The number of methoxy groups -OCH3 is 1. The van der Waals surface area contributed by atoms with E-state index in [9.17, 15) is 14.4 Å². The van der Waals surface area contributed by atoms with Crippen LogP contribution in [0.2, 0.25) is 0 Å². The van der Waals surface area contributed by atoms with E-state index >= 15 is 0 Å². The lowest BCUT2D eigenvalue weighted by molar-refractivity contribution is -0.144. The minimum atomic E-state index is -1.13. The third-order valence-corrected chi connectivity index (χ3v) is 5.40. The van der Waals surface area contributed by atoms with Gasteiger partial charge in [-0.25, -0.2) is 4.79 Å². The Balaban J connectivity index is 1.89. The van der Waals surface area contributed by atoms with Gasteiger partial charge in [-0.3, -0.25) is 14.5 Å². The normalized spacial score (nSPS) is 16.1. The minimum absolute atomic E-state index is 0.180. The summed E-state index contributed by atoms with van der Waals surface area (Å²) in [6, 6.07) is 12.6. The number of amides is 2. The van der Waals surface area contributed by atoms with Crippen molar-refractivity contribution in [2.45, 2.75) is 26.5 Å². The molecule has 8 heteroatoms. The van der Waals surface area contributed by atoms with Gasteiger partial charge in [0, 0.05) is 5.56 Å². The molecule has 0 unspecified atom stereocenters. The van der Waals surface area contributed by atoms with Gasteiger partial charge >= 0.3 is 5.97 Å². The number of nitrogens with zero attached hydrogens (tertiary/aromatic N) is 1. The number of benzene rings is 2. The zero-order valence-electron chi connectivity index (χ0n) is 16.7. The van der Waals surface area contributed by atoms with Crippen molar-refractivity contribution in [3.05, 3.63) is 64.1 Å². The van der Waals surface area contributed by atoms with Crippen LogP contribution in [0.15, 0.2) is 47.4 Å². The molecule has 1 N–H and O–H groups in total. The smallest absolute Gasteiger partial charge is 0.344 e. The number of carbonyl (C=O) groups is 3. The first-order valence-corrected chi connectivity index (χ1v) is 9.99. The van der Waals surface area contributed by atoms with Gasteiger partial charge in [0.15, 0.2) is 17.6 Å². The molecule has 30 heavy (non-hydrogen) atoms. The van der Waals surface area contributed by atoms with Gasteiger partial charge in [-0.05, 0) is 43.3 Å². The van der Waals surface area contributed by atoms with Gasteiger partial charge in [0.25, 0.3) is 11.1 Å². The Morgan fingerprint density at radius 1 is 1.20 bits per heavy atom. The minimum Gasteiger partial charge on any atom is -0.493 e. The number of imide groups is 1. The van der Waals surface area contributed by atoms with Crippen LogP contribution in [0.5, 0.6) is 11.5 Å². The molecule has 0 spiro atoms. The summed E-state index contributed by atoms with van der Waals surface area (Å²) >= 11 is 0.832. The average molecular weight is 427 g/mol. The molecule has 0 aromatic heterocycles. The molecule has 2 aromatic carbocycles. The number of carboxylic acids is 1. The van der Waals surface area contributed by atoms with Crippen molar-refractivity contribution in [2.24, 2.45) is 0 Å². The molecule has 156 valence electrons. The number of aliphatic carboxylic acids is 1. The Hall–Kier alpha value is -3.26. The molecule has 0 saturated carbocycles. The first-order chi connectivity index (χ1) is 14.3. The molecular weight excluding hydrogens is 406 g/mol. The number of rotatable bonds is 7. The molecule has 1 fully saturated rings. The lowest BCUT2D eigenvalue weighted by Gasteiger charge is -2.16. The number of carboxylic acid groups (broad SMARTS) is 1. The third kappa shape index (κ3) is 4.65. The number of para-hydroxylation sites is 1. The second-order valence-corrected chi connectivity index (χ2v) is 7.72. The summed E-state index contributed by atoms with van der Waals surface area (Å²) in [7, 11) is 1.44. The Kier molecular flexibility index (Phi) is 6.47. The molecule has 0 radical (unpaired) electrons. The molecule has 1 atom stereocenters. The van der Waals surface area contributed by atoms with E-state index in [2.05, 4.69) is 0 Å². The fourth-order valence-corrected chi connectivity index (χ4v) is 3.64. The zero-order valence-corrected chi connectivity index (χ0v) is 17.6. The molecular formula is C22H21NO6S. The van der Waals surface area contributed by atoms with E-state index in [0.29, 0.717) is 11.3 Å². The number of hydrogen-bond donors (Lipinski definition) is 1. The fraction of sp³-hybridized carbons (Fsp3) is 0.227. The van der Waals surface area contributed by atoms with Gasteiger partial charge in [0.2, 0.25) is 0 Å². The fourth-order valence-electron chi connectivity index (χ4n) is 2.81. The molecule has 2 aromatic rings. The molecule has 0 bridgehead atoms. The van der Waals surface area contributed by atoms with Crippen LogP contribution >= 0.6 is 11.8 Å². The van der Waals surface area contributed by atoms with Crippen LogP contribution in [0.3, 0.4) is 0 Å². The number of hydrogen-bond acceptors (Lipinski definition) is 6. The highest BCUT2D eigenvalue weighted by Gasteiger charge is 2.35. The van der Waals surface area contributed by atoms with E-state index in [-0.39, 0.29) is 22.4 Å². The second kappa shape index (κ2) is 9.04. The maximum atomic E-state index is 12.8. The monoisotopic (exact) mass is 427 g/mol.